The number of aliphatic imine (C=N–C) groups is 1. The summed E-state index contributed by atoms with van der Waals surface area (Å²) in [6.07, 6.45) is 1.18. The van der Waals surface area contributed by atoms with E-state index in [1.54, 1.807) is 0 Å². The van der Waals surface area contributed by atoms with Gasteiger partial charge >= 0.3 is 5.97 Å². The molecule has 0 fully saturated rings. The number of benzene rings is 1. The van der Waals surface area contributed by atoms with Gasteiger partial charge in [-0.05, 0) is 55.0 Å². The minimum atomic E-state index is -3.96. The molecule has 0 spiro atoms. The molecule has 1 heterocycles. The molecule has 1 aromatic heterocycles. The molecule has 0 aliphatic carbocycles. The number of amides is 1. The molecular weight excluding hydrogens is 444 g/mol. The van der Waals surface area contributed by atoms with Gasteiger partial charge in [0.25, 0.3) is 15.9 Å². The zero-order chi connectivity index (χ0) is 23.0. The van der Waals surface area contributed by atoms with Crippen LogP contribution in [-0.4, -0.2) is 43.9 Å². The van der Waals surface area contributed by atoms with Crippen LogP contribution in [0.1, 0.15) is 28.9 Å². The maximum Gasteiger partial charge on any atom is 0.326 e. The molecule has 1 amide bonds. The topological polar surface area (TPSA) is 203 Å². The fraction of sp³-hybridized carbons (Fsp3) is 0.278. The second-order valence-corrected chi connectivity index (χ2v) is 9.10. The summed E-state index contributed by atoms with van der Waals surface area (Å²) in [5.74, 6) is -1.94. The van der Waals surface area contributed by atoms with Crippen molar-refractivity contribution < 1.29 is 23.1 Å². The Morgan fingerprint density at radius 1 is 1.13 bits per heavy atom. The molecule has 2 aromatic rings. The molecule has 0 radical (unpaired) electrons. The SMILES string of the molecule is NC(N)=NCCCC[C@H](NC(=O)c1sccc1NS(=O)(=O)c1ccc(N)cc1)C(=O)O. The maximum absolute atomic E-state index is 12.6. The minimum Gasteiger partial charge on any atom is -0.480 e. The van der Waals surface area contributed by atoms with Crippen LogP contribution < -0.4 is 27.2 Å². The molecule has 31 heavy (non-hydrogen) atoms. The van der Waals surface area contributed by atoms with E-state index >= 15 is 0 Å². The number of aliphatic carboxylic acids is 1. The number of nitrogens with one attached hydrogen (secondary N) is 2. The number of nitrogens with two attached hydrogens (primary N) is 3. The number of nitrogens with zero attached hydrogens (tertiary/aromatic N) is 1. The predicted molar refractivity (Wildman–Crippen MR) is 119 cm³/mol. The van der Waals surface area contributed by atoms with Gasteiger partial charge in [0.1, 0.15) is 10.9 Å². The zero-order valence-electron chi connectivity index (χ0n) is 16.4. The fourth-order valence-corrected chi connectivity index (χ4v) is 4.45. The zero-order valence-corrected chi connectivity index (χ0v) is 18.1. The number of guanidine groups is 1. The Kier molecular flexibility index (Phi) is 8.22. The van der Waals surface area contributed by atoms with Gasteiger partial charge in [-0.1, -0.05) is 0 Å². The van der Waals surface area contributed by atoms with Crippen molar-refractivity contribution in [1.29, 1.82) is 0 Å². The third-order valence-corrected chi connectivity index (χ3v) is 6.40. The van der Waals surface area contributed by atoms with Gasteiger partial charge in [-0.25, -0.2) is 13.2 Å². The van der Waals surface area contributed by atoms with Crippen LogP contribution in [0.2, 0.25) is 0 Å². The molecule has 168 valence electrons. The van der Waals surface area contributed by atoms with Crippen LogP contribution in [0.4, 0.5) is 11.4 Å². The molecule has 0 bridgehead atoms. The van der Waals surface area contributed by atoms with Crippen molar-refractivity contribution in [2.75, 3.05) is 17.0 Å². The van der Waals surface area contributed by atoms with Gasteiger partial charge in [0.2, 0.25) is 0 Å². The normalized spacial score (nSPS) is 12.0. The summed E-state index contributed by atoms with van der Waals surface area (Å²) < 4.78 is 27.5. The van der Waals surface area contributed by atoms with E-state index < -0.39 is 27.9 Å². The number of hydrogen-bond acceptors (Lipinski definition) is 7. The highest BCUT2D eigenvalue weighted by molar-refractivity contribution is 7.92. The van der Waals surface area contributed by atoms with Gasteiger partial charge in [-0.2, -0.15) is 0 Å². The average Bonchev–Trinajstić information content (AvgIpc) is 3.14. The molecule has 1 atom stereocenters. The number of sulfonamides is 1. The third kappa shape index (κ3) is 7.15. The molecule has 0 saturated heterocycles. The Hall–Kier alpha value is -3.32. The Labute approximate surface area is 183 Å². The number of carbonyl (C=O) groups is 2. The monoisotopic (exact) mass is 468 g/mol. The third-order valence-electron chi connectivity index (χ3n) is 4.10. The molecule has 0 aliphatic heterocycles. The molecule has 9 N–H and O–H groups in total. The number of unbranched alkanes of at least 4 members (excludes halogenated alkanes) is 1. The summed E-state index contributed by atoms with van der Waals surface area (Å²) in [5.41, 5.74) is 16.5. The van der Waals surface area contributed by atoms with Crippen molar-refractivity contribution in [2.45, 2.75) is 30.2 Å². The lowest BCUT2D eigenvalue weighted by molar-refractivity contribution is -0.139. The van der Waals surface area contributed by atoms with E-state index in [2.05, 4.69) is 15.0 Å². The van der Waals surface area contributed by atoms with Crippen molar-refractivity contribution in [2.24, 2.45) is 16.5 Å². The smallest absolute Gasteiger partial charge is 0.326 e. The van der Waals surface area contributed by atoms with Crippen molar-refractivity contribution in [3.05, 3.63) is 40.6 Å². The first-order chi connectivity index (χ1) is 14.6. The highest BCUT2D eigenvalue weighted by Gasteiger charge is 2.24. The van der Waals surface area contributed by atoms with E-state index in [0.29, 0.717) is 25.1 Å². The van der Waals surface area contributed by atoms with Crippen molar-refractivity contribution in [3.63, 3.8) is 0 Å². The highest BCUT2D eigenvalue weighted by atomic mass is 32.2. The average molecular weight is 469 g/mol. The summed E-state index contributed by atoms with van der Waals surface area (Å²) >= 11 is 0.987. The second-order valence-electron chi connectivity index (χ2n) is 6.50. The summed E-state index contributed by atoms with van der Waals surface area (Å²) in [6, 6.07) is 5.86. The summed E-state index contributed by atoms with van der Waals surface area (Å²) in [4.78, 5) is 28.0. The molecule has 0 saturated carbocycles. The molecule has 11 nitrogen and oxygen atoms in total. The van der Waals surface area contributed by atoms with Gasteiger partial charge in [0, 0.05) is 12.2 Å². The quantitative estimate of drug-likeness (QED) is 0.120. The molecule has 2 rings (SSSR count). The minimum absolute atomic E-state index is 0.0246. The van der Waals surface area contributed by atoms with Gasteiger partial charge in [-0.3, -0.25) is 14.5 Å². The van der Waals surface area contributed by atoms with Gasteiger partial charge in [0.05, 0.1) is 10.6 Å². The van der Waals surface area contributed by atoms with Crippen molar-refractivity contribution in [1.82, 2.24) is 5.32 Å². The van der Waals surface area contributed by atoms with Crippen molar-refractivity contribution in [3.8, 4) is 0 Å². The van der Waals surface area contributed by atoms with Gasteiger partial charge in [0.15, 0.2) is 5.96 Å². The lowest BCUT2D eigenvalue weighted by atomic mass is 10.1. The summed E-state index contributed by atoms with van der Waals surface area (Å²) in [6.45, 7) is 0.352. The van der Waals surface area contributed by atoms with E-state index in [1.165, 1.54) is 35.7 Å². The van der Waals surface area contributed by atoms with E-state index in [1.807, 2.05) is 0 Å². The lowest BCUT2D eigenvalue weighted by Crippen LogP contribution is -2.40. The molecule has 0 unspecified atom stereocenters. The molecular formula is C18H24N6O5S2. The predicted octanol–water partition coefficient (Wildman–Crippen LogP) is 0.758. The number of thiophene rings is 1. The van der Waals surface area contributed by atoms with Crippen LogP contribution >= 0.6 is 11.3 Å². The number of carboxylic acid groups (broad SMARTS) is 1. The Bertz CT molecular complexity index is 1050. The number of rotatable bonds is 11. The van der Waals surface area contributed by atoms with Crippen LogP contribution in [0.3, 0.4) is 0 Å². The van der Waals surface area contributed by atoms with Crippen LogP contribution in [-0.2, 0) is 14.8 Å². The first-order valence-corrected chi connectivity index (χ1v) is 11.5. The van der Waals surface area contributed by atoms with Crippen LogP contribution in [0.5, 0.6) is 0 Å². The lowest BCUT2D eigenvalue weighted by Gasteiger charge is -2.15. The Balaban J connectivity index is 2.05. The Morgan fingerprint density at radius 2 is 1.81 bits per heavy atom. The molecule has 1 aromatic carbocycles. The van der Waals surface area contributed by atoms with Crippen LogP contribution in [0, 0.1) is 0 Å². The largest absolute Gasteiger partial charge is 0.480 e. The fourth-order valence-electron chi connectivity index (χ4n) is 2.57. The highest BCUT2D eigenvalue weighted by Crippen LogP contribution is 2.26. The van der Waals surface area contributed by atoms with Gasteiger partial charge < -0.3 is 27.6 Å². The molecule has 0 aliphatic rings. The summed E-state index contributed by atoms with van der Waals surface area (Å²) in [5, 5.41) is 13.3. The number of carboxylic acids is 1. The van der Waals surface area contributed by atoms with Crippen LogP contribution in [0.25, 0.3) is 0 Å². The maximum atomic E-state index is 12.6. The standard InChI is InChI=1S/C18H24N6O5S2/c19-11-4-6-12(7-5-11)31(28,29)24-13-8-10-30-15(13)16(25)23-14(17(26)27)3-1-2-9-22-18(20)21/h4-8,10,14,24H,1-3,9,19H2,(H,23,25)(H,26,27)(H4,20,21,22)/t14-/m0/s1. The first-order valence-electron chi connectivity index (χ1n) is 9.15. The van der Waals surface area contributed by atoms with E-state index in [0.717, 1.165) is 11.3 Å². The number of anilines is 2. The van der Waals surface area contributed by atoms with E-state index in [-0.39, 0.29) is 27.8 Å². The second kappa shape index (κ2) is 10.6. The first kappa shape index (κ1) is 24.0. The Morgan fingerprint density at radius 3 is 2.42 bits per heavy atom. The van der Waals surface area contributed by atoms with Crippen molar-refractivity contribution >= 4 is 50.6 Å². The number of hydrogen-bond donors (Lipinski definition) is 6. The van der Waals surface area contributed by atoms with Gasteiger partial charge in [-0.15, -0.1) is 11.3 Å². The number of nitrogen functional groups attached to an aromatic ring is 1. The van der Waals surface area contributed by atoms with Crippen LogP contribution in [0.15, 0.2) is 45.6 Å². The van der Waals surface area contributed by atoms with E-state index in [4.69, 9.17) is 17.2 Å². The molecule has 13 heteroatoms. The summed E-state index contributed by atoms with van der Waals surface area (Å²) in [7, 11) is -3.96. The van der Waals surface area contributed by atoms with E-state index in [9.17, 15) is 23.1 Å². The number of carbonyl (C=O) groups excluding carboxylic acids is 1.